The van der Waals surface area contributed by atoms with E-state index >= 15 is 0 Å². The van der Waals surface area contributed by atoms with Crippen molar-refractivity contribution in [1.29, 1.82) is 0 Å². The van der Waals surface area contributed by atoms with Crippen molar-refractivity contribution >= 4 is 11.6 Å². The van der Waals surface area contributed by atoms with Crippen LogP contribution in [0.1, 0.15) is 76.8 Å². The van der Waals surface area contributed by atoms with Crippen molar-refractivity contribution in [2.75, 3.05) is 5.32 Å². The first-order chi connectivity index (χ1) is 10.2. The van der Waals surface area contributed by atoms with Crippen molar-refractivity contribution in [3.8, 4) is 0 Å². The average Bonchev–Trinajstić information content (AvgIpc) is 2.51. The molecule has 1 aromatic rings. The van der Waals surface area contributed by atoms with E-state index in [-0.39, 0.29) is 5.91 Å². The lowest BCUT2D eigenvalue weighted by atomic mass is 10.0. The number of nitrogens with one attached hydrogen (secondary N) is 1. The van der Waals surface area contributed by atoms with E-state index in [0.717, 1.165) is 24.9 Å². The van der Waals surface area contributed by atoms with E-state index in [0.29, 0.717) is 6.42 Å². The second-order valence-corrected chi connectivity index (χ2v) is 5.72. The highest BCUT2D eigenvalue weighted by atomic mass is 16.1. The van der Waals surface area contributed by atoms with Crippen molar-refractivity contribution < 1.29 is 4.79 Å². The molecule has 1 amide bonds. The molecule has 0 aliphatic rings. The summed E-state index contributed by atoms with van der Waals surface area (Å²) in [7, 11) is 0. The van der Waals surface area contributed by atoms with Crippen LogP contribution in [0.15, 0.2) is 18.2 Å². The van der Waals surface area contributed by atoms with Gasteiger partial charge in [0.2, 0.25) is 5.91 Å². The fraction of sp³-hybridized carbons (Fsp3) is 0.632. The summed E-state index contributed by atoms with van der Waals surface area (Å²) >= 11 is 0. The second kappa shape index (κ2) is 10.4. The molecule has 0 aromatic heterocycles. The van der Waals surface area contributed by atoms with Gasteiger partial charge in [-0.2, -0.15) is 0 Å². The first-order valence-corrected chi connectivity index (χ1v) is 8.63. The molecule has 0 spiro atoms. The van der Waals surface area contributed by atoms with Crippen molar-refractivity contribution in [2.24, 2.45) is 0 Å². The molecule has 0 aliphatic heterocycles. The molecular weight excluding hydrogens is 258 g/mol. The molecule has 0 unspecified atom stereocenters. The Labute approximate surface area is 130 Å². The van der Waals surface area contributed by atoms with Gasteiger partial charge < -0.3 is 5.32 Å². The normalized spacial score (nSPS) is 10.6. The SMILES string of the molecule is CCCCCCCCC(=O)Nc1c(CC)cccc1CC. The summed E-state index contributed by atoms with van der Waals surface area (Å²) in [5, 5.41) is 3.14. The fourth-order valence-corrected chi connectivity index (χ4v) is 2.67. The maximum atomic E-state index is 12.1. The van der Waals surface area contributed by atoms with Crippen molar-refractivity contribution in [1.82, 2.24) is 0 Å². The Kier molecular flexibility index (Phi) is 8.80. The van der Waals surface area contributed by atoms with Crippen molar-refractivity contribution in [2.45, 2.75) is 78.6 Å². The molecule has 0 bridgehead atoms. The van der Waals surface area contributed by atoms with Crippen LogP contribution in [0.25, 0.3) is 0 Å². The minimum absolute atomic E-state index is 0.168. The largest absolute Gasteiger partial charge is 0.326 e. The molecule has 1 rings (SSSR count). The summed E-state index contributed by atoms with van der Waals surface area (Å²) in [5.74, 6) is 0.168. The Hall–Kier alpha value is -1.31. The Morgan fingerprint density at radius 3 is 2.05 bits per heavy atom. The smallest absolute Gasteiger partial charge is 0.224 e. The summed E-state index contributed by atoms with van der Waals surface area (Å²) in [6.45, 7) is 6.50. The van der Waals surface area contributed by atoms with E-state index in [2.05, 4.69) is 44.3 Å². The van der Waals surface area contributed by atoms with Crippen LogP contribution in [0.2, 0.25) is 0 Å². The van der Waals surface area contributed by atoms with Crippen LogP contribution >= 0.6 is 0 Å². The highest BCUT2D eigenvalue weighted by Gasteiger charge is 2.09. The molecule has 1 aromatic carbocycles. The molecule has 2 nitrogen and oxygen atoms in total. The minimum Gasteiger partial charge on any atom is -0.326 e. The zero-order chi connectivity index (χ0) is 15.5. The fourth-order valence-electron chi connectivity index (χ4n) is 2.67. The molecule has 118 valence electrons. The van der Waals surface area contributed by atoms with Crippen molar-refractivity contribution in [3.63, 3.8) is 0 Å². The van der Waals surface area contributed by atoms with Gasteiger partial charge in [-0.3, -0.25) is 4.79 Å². The zero-order valence-corrected chi connectivity index (χ0v) is 14.0. The average molecular weight is 289 g/mol. The Morgan fingerprint density at radius 1 is 0.905 bits per heavy atom. The van der Waals surface area contributed by atoms with E-state index in [1.165, 1.54) is 43.2 Å². The van der Waals surface area contributed by atoms with E-state index < -0.39 is 0 Å². The molecular formula is C19H31NO. The quantitative estimate of drug-likeness (QED) is 0.566. The summed E-state index contributed by atoms with van der Waals surface area (Å²) in [6.07, 6.45) is 9.89. The van der Waals surface area contributed by atoms with E-state index in [9.17, 15) is 4.79 Å². The molecule has 1 N–H and O–H groups in total. The highest BCUT2D eigenvalue weighted by molar-refractivity contribution is 5.92. The Morgan fingerprint density at radius 2 is 1.48 bits per heavy atom. The number of hydrogen-bond donors (Lipinski definition) is 1. The summed E-state index contributed by atoms with van der Waals surface area (Å²) in [5.41, 5.74) is 3.54. The number of aryl methyl sites for hydroxylation is 2. The zero-order valence-electron chi connectivity index (χ0n) is 14.0. The standard InChI is InChI=1S/C19H31NO/c1-4-7-8-9-10-11-15-18(21)20-19-16(5-2)13-12-14-17(19)6-3/h12-14H,4-11,15H2,1-3H3,(H,20,21). The van der Waals surface area contributed by atoms with Gasteiger partial charge in [0.05, 0.1) is 0 Å². The number of carbonyl (C=O) groups is 1. The lowest BCUT2D eigenvalue weighted by Crippen LogP contribution is -2.14. The summed E-state index contributed by atoms with van der Waals surface area (Å²) in [6, 6.07) is 6.31. The Balaban J connectivity index is 2.44. The number of amides is 1. The van der Waals surface area contributed by atoms with Gasteiger partial charge in [0, 0.05) is 12.1 Å². The van der Waals surface area contributed by atoms with Gasteiger partial charge >= 0.3 is 0 Å². The van der Waals surface area contributed by atoms with Gasteiger partial charge in [-0.1, -0.05) is 71.1 Å². The number of rotatable bonds is 10. The number of unbranched alkanes of at least 4 members (excludes halogenated alkanes) is 5. The monoisotopic (exact) mass is 289 g/mol. The van der Waals surface area contributed by atoms with Gasteiger partial charge in [-0.25, -0.2) is 0 Å². The molecule has 0 heterocycles. The van der Waals surface area contributed by atoms with Crippen LogP contribution in [0.3, 0.4) is 0 Å². The topological polar surface area (TPSA) is 29.1 Å². The van der Waals surface area contributed by atoms with E-state index in [4.69, 9.17) is 0 Å². The first-order valence-electron chi connectivity index (χ1n) is 8.63. The van der Waals surface area contributed by atoms with Gasteiger partial charge in [0.25, 0.3) is 0 Å². The maximum absolute atomic E-state index is 12.1. The number of anilines is 1. The van der Waals surface area contributed by atoms with Gasteiger partial charge in [-0.05, 0) is 30.4 Å². The molecule has 0 fully saturated rings. The molecule has 21 heavy (non-hydrogen) atoms. The van der Waals surface area contributed by atoms with Crippen molar-refractivity contribution in [3.05, 3.63) is 29.3 Å². The van der Waals surface area contributed by atoms with Crippen LogP contribution < -0.4 is 5.32 Å². The molecule has 0 radical (unpaired) electrons. The van der Waals surface area contributed by atoms with Crippen LogP contribution in [0.4, 0.5) is 5.69 Å². The maximum Gasteiger partial charge on any atom is 0.224 e. The third-order valence-corrected chi connectivity index (χ3v) is 4.02. The predicted molar refractivity (Wildman–Crippen MR) is 91.8 cm³/mol. The van der Waals surface area contributed by atoms with Crippen LogP contribution in [-0.2, 0) is 17.6 Å². The molecule has 0 aliphatic carbocycles. The third kappa shape index (κ3) is 6.33. The highest BCUT2D eigenvalue weighted by Crippen LogP contribution is 2.23. The summed E-state index contributed by atoms with van der Waals surface area (Å²) in [4.78, 5) is 12.1. The molecule has 2 heteroatoms. The van der Waals surface area contributed by atoms with E-state index in [1.807, 2.05) is 0 Å². The third-order valence-electron chi connectivity index (χ3n) is 4.02. The van der Waals surface area contributed by atoms with Gasteiger partial charge in [-0.15, -0.1) is 0 Å². The lowest BCUT2D eigenvalue weighted by Gasteiger charge is -2.14. The number of carbonyl (C=O) groups excluding carboxylic acids is 1. The van der Waals surface area contributed by atoms with Crippen LogP contribution in [-0.4, -0.2) is 5.91 Å². The number of benzene rings is 1. The predicted octanol–water partition coefficient (Wildman–Crippen LogP) is 5.50. The van der Waals surface area contributed by atoms with Gasteiger partial charge in [0.1, 0.15) is 0 Å². The summed E-state index contributed by atoms with van der Waals surface area (Å²) < 4.78 is 0. The van der Waals surface area contributed by atoms with Crippen LogP contribution in [0, 0.1) is 0 Å². The Bertz CT molecular complexity index is 403. The lowest BCUT2D eigenvalue weighted by molar-refractivity contribution is -0.116. The second-order valence-electron chi connectivity index (χ2n) is 5.72. The van der Waals surface area contributed by atoms with E-state index in [1.54, 1.807) is 0 Å². The van der Waals surface area contributed by atoms with Gasteiger partial charge in [0.15, 0.2) is 0 Å². The number of hydrogen-bond acceptors (Lipinski definition) is 1. The number of para-hydroxylation sites is 1. The molecule has 0 saturated carbocycles. The van der Waals surface area contributed by atoms with Crippen LogP contribution in [0.5, 0.6) is 0 Å². The molecule has 0 saturated heterocycles. The first kappa shape index (κ1) is 17.7. The minimum atomic E-state index is 0.168. The molecule has 0 atom stereocenters.